The van der Waals surface area contributed by atoms with Gasteiger partial charge in [0.05, 0.1) is 17.9 Å². The van der Waals surface area contributed by atoms with Crippen LogP contribution in [-0.4, -0.2) is 9.78 Å². The number of anilines is 1. The van der Waals surface area contributed by atoms with Crippen LogP contribution in [-0.2, 0) is 6.54 Å². The Morgan fingerprint density at radius 3 is 2.75 bits per heavy atom. The van der Waals surface area contributed by atoms with E-state index < -0.39 is 0 Å². The number of hydrogen-bond acceptors (Lipinski definition) is 3. The highest BCUT2D eigenvalue weighted by Gasteiger charge is 2.10. The van der Waals surface area contributed by atoms with Crippen molar-refractivity contribution in [1.29, 1.82) is 0 Å². The van der Waals surface area contributed by atoms with Gasteiger partial charge in [-0.25, -0.2) is 4.68 Å². The van der Waals surface area contributed by atoms with Crippen LogP contribution in [0.2, 0.25) is 5.02 Å². The minimum atomic E-state index is -0.149. The van der Waals surface area contributed by atoms with Gasteiger partial charge >= 0.3 is 0 Å². The Balaban J connectivity index is 2.21. The van der Waals surface area contributed by atoms with Gasteiger partial charge in [0.25, 0.3) is 5.56 Å². The van der Waals surface area contributed by atoms with E-state index in [2.05, 4.69) is 26.3 Å². The number of hydrogen-bond donors (Lipinski definition) is 1. The van der Waals surface area contributed by atoms with E-state index in [0.29, 0.717) is 21.7 Å². The van der Waals surface area contributed by atoms with Gasteiger partial charge in [-0.15, -0.1) is 0 Å². The molecule has 0 aliphatic carbocycles. The first kappa shape index (κ1) is 15.1. The zero-order chi connectivity index (χ0) is 14.7. The van der Waals surface area contributed by atoms with Gasteiger partial charge in [-0.2, -0.15) is 5.10 Å². The molecule has 1 N–H and O–H groups in total. The third-order valence-corrected chi connectivity index (χ3v) is 3.99. The standard InChI is InChI=1S/C14H15BrClN3O/c1-9(2)19-14(20)13(15)12(8-18-19)17-7-10-5-3-4-6-11(10)16/h3-6,8-9,17H,7H2,1-2H3. The van der Waals surface area contributed by atoms with E-state index in [0.717, 1.165) is 5.56 Å². The SMILES string of the molecule is CC(C)n1ncc(NCc2ccccc2Cl)c(Br)c1=O. The molecule has 0 aliphatic heterocycles. The maximum atomic E-state index is 12.1. The predicted molar refractivity (Wildman–Crippen MR) is 85.4 cm³/mol. The molecular formula is C14H15BrClN3O. The van der Waals surface area contributed by atoms with Crippen molar-refractivity contribution in [3.8, 4) is 0 Å². The van der Waals surface area contributed by atoms with Crippen LogP contribution < -0.4 is 10.9 Å². The van der Waals surface area contributed by atoms with Crippen LogP contribution in [0.1, 0.15) is 25.5 Å². The molecular weight excluding hydrogens is 342 g/mol. The average Bonchev–Trinajstić information content (AvgIpc) is 2.41. The number of benzene rings is 1. The summed E-state index contributed by atoms with van der Waals surface area (Å²) in [5.74, 6) is 0. The summed E-state index contributed by atoms with van der Waals surface area (Å²) in [6.45, 7) is 4.36. The highest BCUT2D eigenvalue weighted by Crippen LogP contribution is 2.20. The lowest BCUT2D eigenvalue weighted by Crippen LogP contribution is -2.26. The maximum Gasteiger partial charge on any atom is 0.283 e. The lowest BCUT2D eigenvalue weighted by atomic mass is 10.2. The van der Waals surface area contributed by atoms with Crippen molar-refractivity contribution in [3.05, 3.63) is 55.9 Å². The van der Waals surface area contributed by atoms with Gasteiger partial charge in [-0.1, -0.05) is 29.8 Å². The van der Waals surface area contributed by atoms with E-state index in [1.807, 2.05) is 38.1 Å². The van der Waals surface area contributed by atoms with Crippen molar-refractivity contribution < 1.29 is 0 Å². The lowest BCUT2D eigenvalue weighted by molar-refractivity contribution is 0.501. The molecule has 0 bridgehead atoms. The summed E-state index contributed by atoms with van der Waals surface area (Å²) >= 11 is 9.42. The number of aromatic nitrogens is 2. The van der Waals surface area contributed by atoms with Gasteiger partial charge in [0.1, 0.15) is 4.47 Å². The molecule has 0 aliphatic rings. The monoisotopic (exact) mass is 355 g/mol. The topological polar surface area (TPSA) is 46.9 Å². The van der Waals surface area contributed by atoms with Crippen molar-refractivity contribution in [3.63, 3.8) is 0 Å². The Morgan fingerprint density at radius 1 is 1.40 bits per heavy atom. The number of rotatable bonds is 4. The van der Waals surface area contributed by atoms with E-state index >= 15 is 0 Å². The molecule has 0 amide bonds. The molecule has 0 atom stereocenters. The zero-order valence-corrected chi connectivity index (χ0v) is 13.6. The molecule has 4 nitrogen and oxygen atoms in total. The van der Waals surface area contributed by atoms with E-state index in [1.165, 1.54) is 4.68 Å². The fourth-order valence-electron chi connectivity index (χ4n) is 1.77. The number of nitrogens with zero attached hydrogens (tertiary/aromatic N) is 2. The molecule has 0 saturated heterocycles. The molecule has 6 heteroatoms. The summed E-state index contributed by atoms with van der Waals surface area (Å²) in [7, 11) is 0. The highest BCUT2D eigenvalue weighted by molar-refractivity contribution is 9.10. The Morgan fingerprint density at radius 2 is 2.10 bits per heavy atom. The Bertz CT molecular complexity index is 670. The summed E-state index contributed by atoms with van der Waals surface area (Å²) < 4.78 is 1.92. The highest BCUT2D eigenvalue weighted by atomic mass is 79.9. The molecule has 0 fully saturated rings. The van der Waals surface area contributed by atoms with Crippen LogP contribution >= 0.6 is 27.5 Å². The first-order valence-corrected chi connectivity index (χ1v) is 7.42. The second-order valence-corrected chi connectivity index (χ2v) is 5.86. The largest absolute Gasteiger partial charge is 0.379 e. The van der Waals surface area contributed by atoms with Crippen molar-refractivity contribution >= 4 is 33.2 Å². The summed E-state index contributed by atoms with van der Waals surface area (Å²) in [6.07, 6.45) is 1.64. The molecule has 106 valence electrons. The quantitative estimate of drug-likeness (QED) is 0.905. The van der Waals surface area contributed by atoms with Crippen molar-refractivity contribution in [2.45, 2.75) is 26.4 Å². The summed E-state index contributed by atoms with van der Waals surface area (Å²) in [6, 6.07) is 7.60. The third-order valence-electron chi connectivity index (χ3n) is 2.86. The molecule has 1 heterocycles. The lowest BCUT2D eigenvalue weighted by Gasteiger charge is -2.13. The molecule has 20 heavy (non-hydrogen) atoms. The summed E-state index contributed by atoms with van der Waals surface area (Å²) in [5.41, 5.74) is 1.48. The van der Waals surface area contributed by atoms with Gasteiger partial charge in [0.2, 0.25) is 0 Å². The third kappa shape index (κ3) is 3.22. The van der Waals surface area contributed by atoms with E-state index in [-0.39, 0.29) is 11.6 Å². The van der Waals surface area contributed by atoms with Crippen LogP contribution in [0, 0.1) is 0 Å². The number of halogens is 2. The molecule has 2 aromatic rings. The Kier molecular flexibility index (Phi) is 4.83. The van der Waals surface area contributed by atoms with Crippen LogP contribution in [0.25, 0.3) is 0 Å². The minimum Gasteiger partial charge on any atom is -0.379 e. The molecule has 1 aromatic heterocycles. The van der Waals surface area contributed by atoms with Crippen LogP contribution in [0.4, 0.5) is 5.69 Å². The summed E-state index contributed by atoms with van der Waals surface area (Å²) in [4.78, 5) is 12.1. The van der Waals surface area contributed by atoms with E-state index in [1.54, 1.807) is 6.20 Å². The second-order valence-electron chi connectivity index (χ2n) is 4.66. The van der Waals surface area contributed by atoms with Gasteiger partial charge in [-0.05, 0) is 41.4 Å². The van der Waals surface area contributed by atoms with Gasteiger partial charge in [0.15, 0.2) is 0 Å². The van der Waals surface area contributed by atoms with Crippen LogP contribution in [0.15, 0.2) is 39.7 Å². The smallest absolute Gasteiger partial charge is 0.283 e. The first-order valence-electron chi connectivity index (χ1n) is 6.25. The minimum absolute atomic E-state index is 0.0245. The van der Waals surface area contributed by atoms with Crippen molar-refractivity contribution in [2.75, 3.05) is 5.32 Å². The van der Waals surface area contributed by atoms with Crippen molar-refractivity contribution in [1.82, 2.24) is 9.78 Å². The van der Waals surface area contributed by atoms with Gasteiger partial charge in [0, 0.05) is 11.6 Å². The number of nitrogens with one attached hydrogen (secondary N) is 1. The van der Waals surface area contributed by atoms with Crippen molar-refractivity contribution in [2.24, 2.45) is 0 Å². The summed E-state index contributed by atoms with van der Waals surface area (Å²) in [5, 5.41) is 8.02. The zero-order valence-electron chi connectivity index (χ0n) is 11.2. The van der Waals surface area contributed by atoms with Gasteiger partial charge < -0.3 is 5.32 Å². The molecule has 0 radical (unpaired) electrons. The molecule has 0 saturated carbocycles. The molecule has 0 spiro atoms. The van der Waals surface area contributed by atoms with E-state index in [9.17, 15) is 4.79 Å². The average molecular weight is 357 g/mol. The van der Waals surface area contributed by atoms with Crippen LogP contribution in [0.3, 0.4) is 0 Å². The normalized spacial score (nSPS) is 10.8. The Labute approximate surface area is 130 Å². The predicted octanol–water partition coefficient (Wildman–Crippen LogP) is 3.85. The van der Waals surface area contributed by atoms with Crippen LogP contribution in [0.5, 0.6) is 0 Å². The maximum absolute atomic E-state index is 12.1. The fraction of sp³-hybridized carbons (Fsp3) is 0.286. The van der Waals surface area contributed by atoms with Gasteiger partial charge in [-0.3, -0.25) is 4.79 Å². The molecule has 2 rings (SSSR count). The fourth-order valence-corrected chi connectivity index (χ4v) is 2.39. The van der Waals surface area contributed by atoms with E-state index in [4.69, 9.17) is 11.6 Å². The second kappa shape index (κ2) is 6.41. The first-order chi connectivity index (χ1) is 9.50. The molecule has 1 aromatic carbocycles. The Hall–Kier alpha value is -1.33. The molecule has 0 unspecified atom stereocenters.